The fraction of sp³-hybridized carbons (Fsp3) is 0.364. The molecule has 0 spiro atoms. The van der Waals surface area contributed by atoms with Crippen LogP contribution in [-0.2, 0) is 4.74 Å². The summed E-state index contributed by atoms with van der Waals surface area (Å²) in [6, 6.07) is 7.36. The highest BCUT2D eigenvalue weighted by Crippen LogP contribution is 2.16. The van der Waals surface area contributed by atoms with Crippen molar-refractivity contribution >= 4 is 28.9 Å². The van der Waals surface area contributed by atoms with Crippen molar-refractivity contribution in [2.24, 2.45) is 0 Å². The Kier molecular flexibility index (Phi) is 3.51. The zero-order chi connectivity index (χ0) is 10.8. The Balaban J connectivity index is 2.80. The molecule has 76 valence electrons. The molecular weight excluding hydrogens is 216 g/mol. The predicted octanol–water partition coefficient (Wildman–Crippen LogP) is 3.83. The van der Waals surface area contributed by atoms with Crippen LogP contribution >= 0.6 is 23.8 Å². The first-order valence-corrected chi connectivity index (χ1v) is 5.16. The van der Waals surface area contributed by atoms with Crippen LogP contribution in [-0.4, -0.2) is 10.7 Å². The van der Waals surface area contributed by atoms with E-state index < -0.39 is 0 Å². The molecule has 1 rings (SSSR count). The molecule has 0 amide bonds. The lowest BCUT2D eigenvalue weighted by molar-refractivity contribution is 0.122. The van der Waals surface area contributed by atoms with Crippen LogP contribution in [0, 0.1) is 0 Å². The van der Waals surface area contributed by atoms with Crippen molar-refractivity contribution in [1.82, 2.24) is 0 Å². The van der Waals surface area contributed by atoms with Gasteiger partial charge in [-0.15, -0.1) is 0 Å². The summed E-state index contributed by atoms with van der Waals surface area (Å²) in [6.45, 7) is 5.89. The zero-order valence-corrected chi connectivity index (χ0v) is 10.1. The number of ether oxygens (including phenoxy) is 1. The van der Waals surface area contributed by atoms with Crippen LogP contribution in [0.4, 0.5) is 0 Å². The smallest absolute Gasteiger partial charge is 0.191 e. The molecular formula is C11H13ClOS. The van der Waals surface area contributed by atoms with Crippen molar-refractivity contribution < 1.29 is 4.74 Å². The summed E-state index contributed by atoms with van der Waals surface area (Å²) in [5, 5.41) is 1.15. The Morgan fingerprint density at radius 3 is 2.50 bits per heavy atom. The molecule has 0 N–H and O–H groups in total. The third-order valence-corrected chi connectivity index (χ3v) is 2.01. The maximum absolute atomic E-state index is 5.84. The van der Waals surface area contributed by atoms with Crippen LogP contribution in [0.2, 0.25) is 5.02 Å². The van der Waals surface area contributed by atoms with Crippen molar-refractivity contribution in [1.29, 1.82) is 0 Å². The van der Waals surface area contributed by atoms with Gasteiger partial charge in [0.05, 0.1) is 0 Å². The number of halogens is 1. The van der Waals surface area contributed by atoms with Crippen LogP contribution < -0.4 is 0 Å². The van der Waals surface area contributed by atoms with Gasteiger partial charge in [-0.05, 0) is 45.1 Å². The van der Waals surface area contributed by atoms with E-state index in [0.717, 1.165) is 5.56 Å². The minimum Gasteiger partial charge on any atom is -0.477 e. The highest BCUT2D eigenvalue weighted by atomic mass is 35.5. The summed E-state index contributed by atoms with van der Waals surface area (Å²) in [5.74, 6) is 0. The molecule has 1 aromatic rings. The fourth-order valence-corrected chi connectivity index (χ4v) is 1.52. The van der Waals surface area contributed by atoms with Gasteiger partial charge in [0.15, 0.2) is 5.05 Å². The second kappa shape index (κ2) is 4.28. The minimum atomic E-state index is -0.264. The predicted molar refractivity (Wildman–Crippen MR) is 64.0 cm³/mol. The average Bonchev–Trinajstić information content (AvgIpc) is 2.01. The van der Waals surface area contributed by atoms with Gasteiger partial charge in [-0.2, -0.15) is 0 Å². The lowest BCUT2D eigenvalue weighted by Crippen LogP contribution is -2.23. The largest absolute Gasteiger partial charge is 0.477 e. The van der Waals surface area contributed by atoms with Gasteiger partial charge in [-0.3, -0.25) is 0 Å². The van der Waals surface area contributed by atoms with Gasteiger partial charge < -0.3 is 4.74 Å². The summed E-state index contributed by atoms with van der Waals surface area (Å²) in [4.78, 5) is 0. The fourth-order valence-electron chi connectivity index (χ4n) is 0.952. The van der Waals surface area contributed by atoms with E-state index in [1.165, 1.54) is 0 Å². The quantitative estimate of drug-likeness (QED) is 0.676. The van der Waals surface area contributed by atoms with Crippen molar-refractivity contribution in [3.05, 3.63) is 34.9 Å². The molecule has 0 unspecified atom stereocenters. The molecule has 0 fully saturated rings. The first-order chi connectivity index (χ1) is 6.38. The third kappa shape index (κ3) is 3.64. The number of hydrogen-bond acceptors (Lipinski definition) is 2. The second-order valence-corrected chi connectivity index (χ2v) is 4.82. The molecule has 0 saturated carbocycles. The molecule has 14 heavy (non-hydrogen) atoms. The van der Waals surface area contributed by atoms with Gasteiger partial charge in [0.1, 0.15) is 5.60 Å². The van der Waals surface area contributed by atoms with E-state index >= 15 is 0 Å². The Morgan fingerprint density at radius 1 is 1.36 bits per heavy atom. The number of benzene rings is 1. The van der Waals surface area contributed by atoms with Crippen molar-refractivity contribution in [2.75, 3.05) is 0 Å². The van der Waals surface area contributed by atoms with Gasteiger partial charge in [0.2, 0.25) is 0 Å². The molecule has 0 aliphatic rings. The first kappa shape index (κ1) is 11.5. The van der Waals surface area contributed by atoms with Crippen LogP contribution in [0.5, 0.6) is 0 Å². The first-order valence-electron chi connectivity index (χ1n) is 4.37. The lowest BCUT2D eigenvalue weighted by atomic mass is 10.2. The summed E-state index contributed by atoms with van der Waals surface area (Å²) in [7, 11) is 0. The molecule has 0 atom stereocenters. The van der Waals surface area contributed by atoms with E-state index in [9.17, 15) is 0 Å². The van der Waals surface area contributed by atoms with E-state index in [-0.39, 0.29) is 5.60 Å². The maximum Gasteiger partial charge on any atom is 0.191 e. The van der Waals surface area contributed by atoms with Crippen LogP contribution in [0.3, 0.4) is 0 Å². The SMILES string of the molecule is CC(C)(C)OC(=S)c1cccc(Cl)c1. The Bertz CT molecular complexity index is 341. The summed E-state index contributed by atoms with van der Waals surface area (Å²) < 4.78 is 5.55. The molecule has 0 heterocycles. The van der Waals surface area contributed by atoms with Gasteiger partial charge in [-0.25, -0.2) is 0 Å². The molecule has 3 heteroatoms. The van der Waals surface area contributed by atoms with E-state index in [1.54, 1.807) is 6.07 Å². The van der Waals surface area contributed by atoms with E-state index in [4.69, 9.17) is 28.6 Å². The summed E-state index contributed by atoms with van der Waals surface area (Å²) in [5.41, 5.74) is 0.585. The van der Waals surface area contributed by atoms with Gasteiger partial charge in [0, 0.05) is 10.6 Å². The molecule has 0 radical (unpaired) electrons. The Morgan fingerprint density at radius 2 is 2.00 bits per heavy atom. The topological polar surface area (TPSA) is 9.23 Å². The normalized spacial score (nSPS) is 11.1. The van der Waals surface area contributed by atoms with E-state index in [0.29, 0.717) is 10.1 Å². The molecule has 0 bridgehead atoms. The van der Waals surface area contributed by atoms with Crippen molar-refractivity contribution in [3.63, 3.8) is 0 Å². The van der Waals surface area contributed by atoms with Crippen LogP contribution in [0.25, 0.3) is 0 Å². The lowest BCUT2D eigenvalue weighted by Gasteiger charge is -2.21. The van der Waals surface area contributed by atoms with E-state index in [2.05, 4.69) is 0 Å². The minimum absolute atomic E-state index is 0.264. The molecule has 0 aliphatic carbocycles. The monoisotopic (exact) mass is 228 g/mol. The highest BCUT2D eigenvalue weighted by Gasteiger charge is 2.14. The Labute approximate surface area is 95.0 Å². The number of thiocarbonyl (C=S) groups is 1. The van der Waals surface area contributed by atoms with Crippen LogP contribution in [0.15, 0.2) is 24.3 Å². The van der Waals surface area contributed by atoms with Gasteiger partial charge in [-0.1, -0.05) is 23.7 Å². The van der Waals surface area contributed by atoms with Crippen molar-refractivity contribution in [2.45, 2.75) is 26.4 Å². The standard InChI is InChI=1S/C11H13ClOS/c1-11(2,3)13-10(14)8-5-4-6-9(12)7-8/h4-7H,1-3H3. The third-order valence-electron chi connectivity index (χ3n) is 1.46. The molecule has 1 aromatic carbocycles. The average molecular weight is 229 g/mol. The van der Waals surface area contributed by atoms with Crippen LogP contribution in [0.1, 0.15) is 26.3 Å². The molecule has 1 nitrogen and oxygen atoms in total. The van der Waals surface area contributed by atoms with Gasteiger partial charge >= 0.3 is 0 Å². The second-order valence-electron chi connectivity index (χ2n) is 4.01. The zero-order valence-electron chi connectivity index (χ0n) is 8.50. The number of rotatable bonds is 1. The van der Waals surface area contributed by atoms with E-state index in [1.807, 2.05) is 39.0 Å². The molecule has 0 aliphatic heterocycles. The Hall–Kier alpha value is -0.600. The molecule has 0 saturated heterocycles. The van der Waals surface area contributed by atoms with Crippen molar-refractivity contribution in [3.8, 4) is 0 Å². The maximum atomic E-state index is 5.84. The molecule has 0 aromatic heterocycles. The summed E-state index contributed by atoms with van der Waals surface area (Å²) in [6.07, 6.45) is 0. The van der Waals surface area contributed by atoms with Gasteiger partial charge in [0.25, 0.3) is 0 Å². The summed E-state index contributed by atoms with van der Waals surface area (Å²) >= 11 is 11.0. The highest BCUT2D eigenvalue weighted by molar-refractivity contribution is 7.80. The number of hydrogen-bond donors (Lipinski definition) is 0.